The number of ether oxygens (including phenoxy) is 3. The Hall–Kier alpha value is -3.59. The van der Waals surface area contributed by atoms with Crippen molar-refractivity contribution >= 4 is 29.2 Å². The van der Waals surface area contributed by atoms with Crippen molar-refractivity contribution in [2.45, 2.75) is 58.4 Å². The van der Waals surface area contributed by atoms with Gasteiger partial charge in [-0.1, -0.05) is 41.9 Å². The Labute approximate surface area is 291 Å². The Morgan fingerprint density at radius 3 is 2.31 bits per heavy atom. The van der Waals surface area contributed by atoms with Crippen LogP contribution in [0.4, 0.5) is 5.69 Å². The molecule has 48 heavy (non-hydrogen) atoms. The van der Waals surface area contributed by atoms with Gasteiger partial charge in [0.1, 0.15) is 5.75 Å². The highest BCUT2D eigenvalue weighted by atomic mass is 35.5. The van der Waals surface area contributed by atoms with Crippen molar-refractivity contribution in [1.29, 1.82) is 0 Å². The van der Waals surface area contributed by atoms with Crippen LogP contribution in [0, 0.1) is 0 Å². The lowest BCUT2D eigenvalue weighted by Gasteiger charge is -2.36. The lowest BCUT2D eigenvalue weighted by atomic mass is 10.1. The summed E-state index contributed by atoms with van der Waals surface area (Å²) >= 11 is 6.05. The summed E-state index contributed by atoms with van der Waals surface area (Å²) in [6.07, 6.45) is 6.34. The summed E-state index contributed by atoms with van der Waals surface area (Å²) in [6, 6.07) is 24.1. The number of nitrogens with zero attached hydrogens (tertiary/aromatic N) is 3. The van der Waals surface area contributed by atoms with Gasteiger partial charge >= 0.3 is 11.9 Å². The molecule has 1 aliphatic heterocycles. The molecule has 0 bridgehead atoms. The molecule has 0 radical (unpaired) electrons. The summed E-state index contributed by atoms with van der Waals surface area (Å²) in [5.41, 5.74) is 4.12. The second-order valence-electron chi connectivity index (χ2n) is 12.3. The fourth-order valence-corrected chi connectivity index (χ4v) is 6.16. The van der Waals surface area contributed by atoms with Gasteiger partial charge in [0.2, 0.25) is 0 Å². The van der Waals surface area contributed by atoms with E-state index in [0.717, 1.165) is 101 Å². The maximum absolute atomic E-state index is 11.9. The summed E-state index contributed by atoms with van der Waals surface area (Å²) < 4.78 is 16.2. The molecule has 0 saturated carbocycles. The predicted octanol–water partition coefficient (Wildman–Crippen LogP) is 7.28. The van der Waals surface area contributed by atoms with Crippen molar-refractivity contribution in [3.05, 3.63) is 94.5 Å². The first kappa shape index (κ1) is 37.2. The highest BCUT2D eigenvalue weighted by molar-refractivity contribution is 6.30. The summed E-state index contributed by atoms with van der Waals surface area (Å²) in [6.45, 7) is 10.8. The summed E-state index contributed by atoms with van der Waals surface area (Å²) in [4.78, 5) is 31.1. The third-order valence-electron chi connectivity index (χ3n) is 8.80. The van der Waals surface area contributed by atoms with Gasteiger partial charge in [-0.25, -0.2) is 4.79 Å². The molecule has 0 atom stereocenters. The Morgan fingerprint density at radius 2 is 1.58 bits per heavy atom. The van der Waals surface area contributed by atoms with Gasteiger partial charge in [-0.3, -0.25) is 14.6 Å². The van der Waals surface area contributed by atoms with Gasteiger partial charge in [0.05, 0.1) is 25.9 Å². The van der Waals surface area contributed by atoms with Crippen molar-refractivity contribution in [1.82, 2.24) is 9.80 Å². The van der Waals surface area contributed by atoms with Crippen molar-refractivity contribution in [3.8, 4) is 5.75 Å². The number of hydrogen-bond donors (Lipinski definition) is 0. The number of carbonyl (C=O) groups excluding carboxylic acids is 2. The smallest absolute Gasteiger partial charge is 0.337 e. The van der Waals surface area contributed by atoms with Gasteiger partial charge in [-0.2, -0.15) is 0 Å². The second kappa shape index (κ2) is 20.7. The maximum Gasteiger partial charge on any atom is 0.337 e. The second-order valence-corrected chi connectivity index (χ2v) is 12.7. The molecule has 3 aromatic rings. The predicted molar refractivity (Wildman–Crippen MR) is 193 cm³/mol. The number of hydrogen-bond acceptors (Lipinski definition) is 8. The Kier molecular flexibility index (Phi) is 16.1. The molecule has 260 valence electrons. The zero-order valence-electron chi connectivity index (χ0n) is 28.7. The summed E-state index contributed by atoms with van der Waals surface area (Å²) in [7, 11) is 1.39. The van der Waals surface area contributed by atoms with Crippen LogP contribution in [-0.4, -0.2) is 87.9 Å². The van der Waals surface area contributed by atoms with Crippen LogP contribution in [-0.2, 0) is 27.2 Å². The molecule has 0 aliphatic carbocycles. The molecule has 0 aromatic heterocycles. The van der Waals surface area contributed by atoms with Crippen LogP contribution in [0.2, 0.25) is 5.02 Å². The number of rotatable bonds is 20. The quantitative estimate of drug-likeness (QED) is 0.0913. The molecule has 1 aliphatic rings. The molecule has 8 nitrogen and oxygen atoms in total. The van der Waals surface area contributed by atoms with Gasteiger partial charge in [-0.05, 0) is 112 Å². The zero-order valence-corrected chi connectivity index (χ0v) is 29.5. The number of unbranched alkanes of at least 4 members (excludes halogenated alkanes) is 3. The van der Waals surface area contributed by atoms with Crippen LogP contribution >= 0.6 is 11.6 Å². The van der Waals surface area contributed by atoms with E-state index in [1.807, 2.05) is 49.4 Å². The number of carbonyl (C=O) groups is 2. The molecule has 1 heterocycles. The first-order valence-electron chi connectivity index (χ1n) is 17.4. The van der Waals surface area contributed by atoms with Gasteiger partial charge in [-0.15, -0.1) is 0 Å². The number of halogens is 1. The number of para-hydroxylation sites is 1. The summed E-state index contributed by atoms with van der Waals surface area (Å²) in [5, 5.41) is 0.782. The van der Waals surface area contributed by atoms with E-state index >= 15 is 0 Å². The van der Waals surface area contributed by atoms with E-state index in [0.29, 0.717) is 25.2 Å². The highest BCUT2D eigenvalue weighted by Gasteiger charge is 2.17. The van der Waals surface area contributed by atoms with E-state index in [1.165, 1.54) is 24.8 Å². The van der Waals surface area contributed by atoms with E-state index in [4.69, 9.17) is 25.8 Å². The van der Waals surface area contributed by atoms with Crippen molar-refractivity contribution in [2.24, 2.45) is 0 Å². The molecule has 0 N–H and O–H groups in total. The largest absolute Gasteiger partial charge is 0.493 e. The van der Waals surface area contributed by atoms with Crippen molar-refractivity contribution in [2.75, 3.05) is 71.0 Å². The molecule has 0 unspecified atom stereocenters. The minimum absolute atomic E-state index is 0.137. The van der Waals surface area contributed by atoms with Crippen LogP contribution in [0.15, 0.2) is 72.8 Å². The number of anilines is 1. The first-order valence-corrected chi connectivity index (χ1v) is 17.8. The van der Waals surface area contributed by atoms with Crippen molar-refractivity contribution < 1.29 is 23.8 Å². The minimum Gasteiger partial charge on any atom is -0.493 e. The van der Waals surface area contributed by atoms with Crippen LogP contribution in [0.1, 0.15) is 66.9 Å². The molecule has 0 spiro atoms. The van der Waals surface area contributed by atoms with E-state index in [9.17, 15) is 9.59 Å². The topological polar surface area (TPSA) is 71.5 Å². The Balaban J connectivity index is 1.19. The SMILES string of the molecule is CCOC(=O)CCCCN(CCc1ccccc1OCCCCCN1CCN(c2ccc(Cl)cc2)CC1)Cc1ccc(C(=O)OC)cc1. The first-order chi connectivity index (χ1) is 23.4. The van der Waals surface area contributed by atoms with Gasteiger partial charge < -0.3 is 19.1 Å². The van der Waals surface area contributed by atoms with E-state index < -0.39 is 0 Å². The zero-order chi connectivity index (χ0) is 34.0. The number of esters is 2. The molecule has 3 aromatic carbocycles. The summed E-state index contributed by atoms with van der Waals surface area (Å²) in [5.74, 6) is 0.486. The average molecular weight is 678 g/mol. The monoisotopic (exact) mass is 677 g/mol. The average Bonchev–Trinajstić information content (AvgIpc) is 3.11. The lowest BCUT2D eigenvalue weighted by Crippen LogP contribution is -2.46. The number of benzene rings is 3. The van der Waals surface area contributed by atoms with Crippen LogP contribution in [0.5, 0.6) is 5.75 Å². The molecule has 9 heteroatoms. The fourth-order valence-electron chi connectivity index (χ4n) is 6.04. The van der Waals surface area contributed by atoms with Gasteiger partial charge in [0.15, 0.2) is 0 Å². The Morgan fingerprint density at radius 1 is 0.833 bits per heavy atom. The molecule has 1 saturated heterocycles. The van der Waals surface area contributed by atoms with Gasteiger partial charge in [0.25, 0.3) is 0 Å². The number of piperazine rings is 1. The Bertz CT molecular complexity index is 1380. The van der Waals surface area contributed by atoms with E-state index in [-0.39, 0.29) is 11.9 Å². The normalized spacial score (nSPS) is 13.5. The molecule has 0 amide bonds. The number of methoxy groups -OCH3 is 1. The molecule has 4 rings (SSSR count). The van der Waals surface area contributed by atoms with Crippen LogP contribution < -0.4 is 9.64 Å². The maximum atomic E-state index is 11.9. The third kappa shape index (κ3) is 12.8. The van der Waals surface area contributed by atoms with Gasteiger partial charge in [0, 0.05) is 56.4 Å². The lowest BCUT2D eigenvalue weighted by molar-refractivity contribution is -0.143. The van der Waals surface area contributed by atoms with Crippen LogP contribution in [0.3, 0.4) is 0 Å². The minimum atomic E-state index is -0.335. The van der Waals surface area contributed by atoms with E-state index in [1.54, 1.807) is 0 Å². The molecular weight excluding hydrogens is 626 g/mol. The standard InChI is InChI=1S/C39H52ClN3O5/c1-3-47-38(44)13-7-9-24-42(31-32-14-16-34(17-15-32)39(45)46-2)25-22-33-11-5-6-12-37(33)48-30-10-4-8-23-41-26-28-43(29-27-41)36-20-18-35(40)19-21-36/h5-6,11-12,14-21H,3-4,7-10,13,22-31H2,1-2H3. The third-order valence-corrected chi connectivity index (χ3v) is 9.05. The highest BCUT2D eigenvalue weighted by Crippen LogP contribution is 2.22. The van der Waals surface area contributed by atoms with Crippen LogP contribution in [0.25, 0.3) is 0 Å². The molecular formula is C39H52ClN3O5. The fraction of sp³-hybridized carbons (Fsp3) is 0.487. The van der Waals surface area contributed by atoms with Crippen molar-refractivity contribution in [3.63, 3.8) is 0 Å². The van der Waals surface area contributed by atoms with E-state index in [2.05, 4.69) is 45.0 Å². The molecule has 1 fully saturated rings.